The number of unbranched alkanes of at least 4 members (excludes halogenated alkanes) is 1. The molecule has 1 nitrogen and oxygen atoms in total. The molecule has 10 heavy (non-hydrogen) atoms. The lowest BCUT2D eigenvalue weighted by molar-refractivity contribution is 0.714. The zero-order valence-corrected chi connectivity index (χ0v) is 7.03. The highest BCUT2D eigenvalue weighted by molar-refractivity contribution is 4.92. The molecule has 0 unspecified atom stereocenters. The molecule has 0 atom stereocenters. The Labute approximate surface area is 64.3 Å². The van der Waals surface area contributed by atoms with Crippen molar-refractivity contribution in [3.63, 3.8) is 0 Å². The summed E-state index contributed by atoms with van der Waals surface area (Å²) >= 11 is 0. The topological polar surface area (TPSA) is 26.0 Å². The second-order valence-corrected chi connectivity index (χ2v) is 2.75. The summed E-state index contributed by atoms with van der Waals surface area (Å²) in [5.74, 6) is 0. The molecule has 0 aromatic rings. The smallest absolute Gasteiger partial charge is 0.00772 e. The SMILES string of the molecule is C=C(CCC)CCCCN. The number of allylic oxidation sites excluding steroid dienone is 1. The molecule has 0 spiro atoms. The zero-order chi connectivity index (χ0) is 7.82. The highest BCUT2D eigenvalue weighted by Gasteiger charge is 1.91. The van der Waals surface area contributed by atoms with E-state index in [1.165, 1.54) is 31.3 Å². The molecule has 0 saturated heterocycles. The average molecular weight is 141 g/mol. The Bertz CT molecular complexity index is 86.7. The van der Waals surface area contributed by atoms with Crippen LogP contribution in [0.1, 0.15) is 39.0 Å². The van der Waals surface area contributed by atoms with E-state index in [-0.39, 0.29) is 0 Å². The van der Waals surface area contributed by atoms with E-state index in [2.05, 4.69) is 13.5 Å². The normalized spacial score (nSPS) is 9.80. The molecule has 0 radical (unpaired) electrons. The Morgan fingerprint density at radius 2 is 2.00 bits per heavy atom. The van der Waals surface area contributed by atoms with Crippen LogP contribution in [-0.4, -0.2) is 6.54 Å². The minimum Gasteiger partial charge on any atom is -0.330 e. The van der Waals surface area contributed by atoms with Gasteiger partial charge in [-0.25, -0.2) is 0 Å². The van der Waals surface area contributed by atoms with Gasteiger partial charge in [-0.15, -0.1) is 0 Å². The van der Waals surface area contributed by atoms with Crippen LogP contribution in [0.3, 0.4) is 0 Å². The summed E-state index contributed by atoms with van der Waals surface area (Å²) in [6.45, 7) is 6.98. The first kappa shape index (κ1) is 9.70. The van der Waals surface area contributed by atoms with Crippen LogP contribution in [-0.2, 0) is 0 Å². The summed E-state index contributed by atoms with van der Waals surface area (Å²) in [6.07, 6.45) is 5.94. The maximum absolute atomic E-state index is 5.36. The van der Waals surface area contributed by atoms with Crippen molar-refractivity contribution < 1.29 is 0 Å². The number of hydrogen-bond acceptors (Lipinski definition) is 1. The van der Waals surface area contributed by atoms with Gasteiger partial charge in [-0.3, -0.25) is 0 Å². The monoisotopic (exact) mass is 141 g/mol. The lowest BCUT2D eigenvalue weighted by Gasteiger charge is -2.01. The van der Waals surface area contributed by atoms with Crippen LogP contribution in [0, 0.1) is 0 Å². The molecule has 0 aromatic heterocycles. The molecule has 0 amide bonds. The summed E-state index contributed by atoms with van der Waals surface area (Å²) in [4.78, 5) is 0. The molecule has 60 valence electrons. The lowest BCUT2D eigenvalue weighted by Crippen LogP contribution is -1.97. The molecular weight excluding hydrogens is 122 g/mol. The van der Waals surface area contributed by atoms with E-state index in [9.17, 15) is 0 Å². The fraction of sp³-hybridized carbons (Fsp3) is 0.778. The Kier molecular flexibility index (Phi) is 6.61. The summed E-state index contributed by atoms with van der Waals surface area (Å²) in [6, 6.07) is 0. The van der Waals surface area contributed by atoms with Crippen LogP contribution in [0.15, 0.2) is 12.2 Å². The first-order valence-corrected chi connectivity index (χ1v) is 4.18. The van der Waals surface area contributed by atoms with Crippen LogP contribution in [0.4, 0.5) is 0 Å². The first-order valence-electron chi connectivity index (χ1n) is 4.18. The number of hydrogen-bond donors (Lipinski definition) is 1. The van der Waals surface area contributed by atoms with Gasteiger partial charge in [-0.05, 0) is 32.2 Å². The Hall–Kier alpha value is -0.300. The molecule has 2 N–H and O–H groups in total. The van der Waals surface area contributed by atoms with Gasteiger partial charge >= 0.3 is 0 Å². The van der Waals surface area contributed by atoms with Crippen LogP contribution < -0.4 is 5.73 Å². The third kappa shape index (κ3) is 5.83. The van der Waals surface area contributed by atoms with Gasteiger partial charge in [0.05, 0.1) is 0 Å². The van der Waals surface area contributed by atoms with Crippen molar-refractivity contribution in [2.45, 2.75) is 39.0 Å². The van der Waals surface area contributed by atoms with E-state index in [1.54, 1.807) is 0 Å². The van der Waals surface area contributed by atoms with Gasteiger partial charge in [0.25, 0.3) is 0 Å². The van der Waals surface area contributed by atoms with E-state index in [0.29, 0.717) is 0 Å². The van der Waals surface area contributed by atoms with Crippen molar-refractivity contribution in [2.24, 2.45) is 5.73 Å². The molecular formula is C9H19N. The molecule has 0 aromatic carbocycles. The second-order valence-electron chi connectivity index (χ2n) is 2.75. The summed E-state index contributed by atoms with van der Waals surface area (Å²) < 4.78 is 0. The van der Waals surface area contributed by atoms with Gasteiger partial charge in [-0.1, -0.05) is 25.5 Å². The van der Waals surface area contributed by atoms with Gasteiger partial charge in [0, 0.05) is 0 Å². The van der Waals surface area contributed by atoms with Crippen molar-refractivity contribution in [1.82, 2.24) is 0 Å². The average Bonchev–Trinajstić information content (AvgIpc) is 1.89. The number of rotatable bonds is 6. The quantitative estimate of drug-likeness (QED) is 0.446. The van der Waals surface area contributed by atoms with Gasteiger partial charge in [0.2, 0.25) is 0 Å². The Morgan fingerprint density at radius 1 is 1.30 bits per heavy atom. The van der Waals surface area contributed by atoms with Crippen LogP contribution in [0.5, 0.6) is 0 Å². The molecule has 0 aliphatic carbocycles. The molecule has 0 aliphatic rings. The second kappa shape index (κ2) is 6.81. The molecule has 0 bridgehead atoms. The van der Waals surface area contributed by atoms with E-state index in [0.717, 1.165) is 13.0 Å². The minimum atomic E-state index is 0.819. The van der Waals surface area contributed by atoms with Crippen molar-refractivity contribution in [3.8, 4) is 0 Å². The third-order valence-electron chi connectivity index (χ3n) is 1.59. The minimum absolute atomic E-state index is 0.819. The highest BCUT2D eigenvalue weighted by atomic mass is 14.5. The van der Waals surface area contributed by atoms with Crippen molar-refractivity contribution in [1.29, 1.82) is 0 Å². The van der Waals surface area contributed by atoms with E-state index in [4.69, 9.17) is 5.73 Å². The summed E-state index contributed by atoms with van der Waals surface area (Å²) in [5, 5.41) is 0. The predicted molar refractivity (Wildman–Crippen MR) is 47.0 cm³/mol. The fourth-order valence-electron chi connectivity index (χ4n) is 0.998. The van der Waals surface area contributed by atoms with Crippen molar-refractivity contribution in [2.75, 3.05) is 6.54 Å². The molecule has 0 rings (SSSR count). The maximum Gasteiger partial charge on any atom is -0.00772 e. The van der Waals surface area contributed by atoms with Gasteiger partial charge in [0.1, 0.15) is 0 Å². The molecule has 1 heteroatoms. The molecule has 0 aliphatic heterocycles. The number of nitrogens with two attached hydrogens (primary N) is 1. The van der Waals surface area contributed by atoms with E-state index < -0.39 is 0 Å². The van der Waals surface area contributed by atoms with E-state index >= 15 is 0 Å². The fourth-order valence-corrected chi connectivity index (χ4v) is 0.998. The molecule has 0 fully saturated rings. The predicted octanol–water partition coefficient (Wildman–Crippen LogP) is 2.47. The van der Waals surface area contributed by atoms with Gasteiger partial charge in [0.15, 0.2) is 0 Å². The Morgan fingerprint density at radius 3 is 2.50 bits per heavy atom. The first-order chi connectivity index (χ1) is 4.81. The standard InChI is InChI=1S/C9H19N/c1-3-6-9(2)7-4-5-8-10/h2-8,10H2,1H3. The zero-order valence-electron chi connectivity index (χ0n) is 7.03. The molecule has 0 heterocycles. The van der Waals surface area contributed by atoms with Crippen LogP contribution in [0.2, 0.25) is 0 Å². The maximum atomic E-state index is 5.36. The highest BCUT2D eigenvalue weighted by Crippen LogP contribution is 2.09. The van der Waals surface area contributed by atoms with Crippen molar-refractivity contribution >= 4 is 0 Å². The summed E-state index contributed by atoms with van der Waals surface area (Å²) in [7, 11) is 0. The van der Waals surface area contributed by atoms with Crippen LogP contribution in [0.25, 0.3) is 0 Å². The largest absolute Gasteiger partial charge is 0.330 e. The van der Waals surface area contributed by atoms with Gasteiger partial charge in [-0.2, -0.15) is 0 Å². The van der Waals surface area contributed by atoms with Crippen LogP contribution >= 0.6 is 0 Å². The van der Waals surface area contributed by atoms with Gasteiger partial charge < -0.3 is 5.73 Å². The molecule has 0 saturated carbocycles. The lowest BCUT2D eigenvalue weighted by atomic mass is 10.1. The third-order valence-corrected chi connectivity index (χ3v) is 1.59. The Balaban J connectivity index is 3.05. The van der Waals surface area contributed by atoms with Crippen molar-refractivity contribution in [3.05, 3.63) is 12.2 Å². The summed E-state index contributed by atoms with van der Waals surface area (Å²) in [5.41, 5.74) is 6.74. The van der Waals surface area contributed by atoms with E-state index in [1.807, 2.05) is 0 Å².